The number of nitrogens with one attached hydrogen (secondary N) is 1. The Hall–Kier alpha value is -3.81. The molecule has 0 radical (unpaired) electrons. The molecule has 0 unspecified atom stereocenters. The molecule has 1 fully saturated rings. The van der Waals surface area contributed by atoms with Gasteiger partial charge >= 0.3 is 18.0 Å². The second-order valence-corrected chi connectivity index (χ2v) is 11.1. The molecule has 37 heavy (non-hydrogen) atoms. The van der Waals surface area contributed by atoms with Crippen molar-refractivity contribution in [1.82, 2.24) is 9.71 Å². The Morgan fingerprint density at radius 1 is 1.05 bits per heavy atom. The zero-order valence-corrected chi connectivity index (χ0v) is 22.2. The number of hydrogen-bond donors (Lipinski definition) is 3. The molecular formula is C23H30N4O9S. The van der Waals surface area contributed by atoms with Gasteiger partial charge in [0.1, 0.15) is 16.9 Å². The summed E-state index contributed by atoms with van der Waals surface area (Å²) in [5.74, 6) is -2.91. The van der Waals surface area contributed by atoms with Crippen LogP contribution >= 0.6 is 11.3 Å². The van der Waals surface area contributed by atoms with Crippen molar-refractivity contribution in [3.63, 3.8) is 0 Å². The summed E-state index contributed by atoms with van der Waals surface area (Å²) in [5.41, 5.74) is -3.46. The van der Waals surface area contributed by atoms with Crippen molar-refractivity contribution < 1.29 is 43.7 Å². The summed E-state index contributed by atoms with van der Waals surface area (Å²) < 4.78 is 11.1. The van der Waals surface area contributed by atoms with Gasteiger partial charge in [-0.25, -0.2) is 19.4 Å². The highest BCUT2D eigenvalue weighted by Gasteiger charge is 2.50. The Bertz CT molecular complexity index is 1180. The molecule has 1 aliphatic carbocycles. The van der Waals surface area contributed by atoms with Crippen molar-refractivity contribution in [1.29, 1.82) is 0 Å². The molecule has 0 saturated heterocycles. The summed E-state index contributed by atoms with van der Waals surface area (Å²) in [6.45, 7) is 10.2. The summed E-state index contributed by atoms with van der Waals surface area (Å²) in [6.07, 6.45) is 0.553. The van der Waals surface area contributed by atoms with E-state index in [9.17, 15) is 24.6 Å². The number of ether oxygens (including phenoxy) is 2. The largest absolute Gasteiger partial charge is 0.492 e. The highest BCUT2D eigenvalue weighted by atomic mass is 32.1. The quantitative estimate of drug-likeness (QED) is 0.270. The van der Waals surface area contributed by atoms with Gasteiger partial charge in [-0.1, -0.05) is 5.16 Å². The standard InChI is InChI=1S/C23H30N4O9S/c1-21(2,3)33-18(31)23(10-7-11-23)36-26-16(17(30)35-27-14(28)8-9-15(27)29)13-12-37-19(24-13)25-20(32)34-22(4,5)6/h8-9,12,28-29H,7,10-11H2,1-6H3,(H,24,25,32). The fraction of sp³-hybridized carbons (Fsp3) is 0.522. The fourth-order valence-electron chi connectivity index (χ4n) is 2.98. The zero-order chi connectivity index (χ0) is 27.6. The van der Waals surface area contributed by atoms with Crippen LogP contribution in [0.4, 0.5) is 9.93 Å². The van der Waals surface area contributed by atoms with Gasteiger partial charge in [0.2, 0.25) is 23.1 Å². The Morgan fingerprint density at radius 3 is 2.16 bits per heavy atom. The van der Waals surface area contributed by atoms with Crippen molar-refractivity contribution in [3.05, 3.63) is 23.2 Å². The summed E-state index contributed by atoms with van der Waals surface area (Å²) in [7, 11) is 0. The maximum Gasteiger partial charge on any atom is 0.413 e. The summed E-state index contributed by atoms with van der Waals surface area (Å²) in [5, 5.41) is 27.5. The number of hydrogen-bond acceptors (Lipinski definition) is 12. The Morgan fingerprint density at radius 2 is 1.65 bits per heavy atom. The van der Waals surface area contributed by atoms with Crippen LogP contribution in [-0.4, -0.2) is 60.5 Å². The van der Waals surface area contributed by atoms with Crippen LogP contribution in [0.5, 0.6) is 11.8 Å². The molecule has 14 heteroatoms. The molecule has 2 aromatic heterocycles. The van der Waals surface area contributed by atoms with Crippen molar-refractivity contribution in [2.45, 2.75) is 77.6 Å². The number of oxime groups is 1. The van der Waals surface area contributed by atoms with E-state index in [0.717, 1.165) is 23.5 Å². The van der Waals surface area contributed by atoms with Crippen LogP contribution in [0.1, 0.15) is 66.5 Å². The molecule has 2 heterocycles. The first-order chi connectivity index (χ1) is 17.1. The van der Waals surface area contributed by atoms with Crippen LogP contribution < -0.4 is 10.2 Å². The summed E-state index contributed by atoms with van der Waals surface area (Å²) >= 11 is 0.967. The highest BCUT2D eigenvalue weighted by molar-refractivity contribution is 7.14. The van der Waals surface area contributed by atoms with Gasteiger partial charge in [-0.15, -0.1) is 16.1 Å². The molecule has 13 nitrogen and oxygen atoms in total. The lowest BCUT2D eigenvalue weighted by Gasteiger charge is -2.38. The van der Waals surface area contributed by atoms with Gasteiger partial charge in [-0.05, 0) is 48.0 Å². The minimum Gasteiger partial charge on any atom is -0.492 e. The van der Waals surface area contributed by atoms with Gasteiger partial charge in [-0.3, -0.25) is 5.32 Å². The van der Waals surface area contributed by atoms with Gasteiger partial charge < -0.3 is 29.4 Å². The van der Waals surface area contributed by atoms with Gasteiger partial charge in [0, 0.05) is 30.4 Å². The molecule has 1 aliphatic rings. The fourth-order valence-corrected chi connectivity index (χ4v) is 3.66. The van der Waals surface area contributed by atoms with Gasteiger partial charge in [0.05, 0.1) is 0 Å². The second-order valence-electron chi connectivity index (χ2n) is 10.3. The van der Waals surface area contributed by atoms with Gasteiger partial charge in [0.25, 0.3) is 0 Å². The molecule has 2 aromatic rings. The van der Waals surface area contributed by atoms with Crippen LogP contribution in [0, 0.1) is 0 Å². The third-order valence-electron chi connectivity index (χ3n) is 4.76. The predicted molar refractivity (Wildman–Crippen MR) is 131 cm³/mol. The number of anilines is 1. The first-order valence-corrected chi connectivity index (χ1v) is 12.2. The van der Waals surface area contributed by atoms with Crippen LogP contribution in [0.2, 0.25) is 0 Å². The smallest absolute Gasteiger partial charge is 0.413 e. The number of aromatic nitrogens is 2. The molecule has 1 saturated carbocycles. The van der Waals surface area contributed by atoms with Gasteiger partial charge in [0.15, 0.2) is 5.13 Å². The molecule has 0 aliphatic heterocycles. The van der Waals surface area contributed by atoms with E-state index < -0.39 is 52.3 Å². The van der Waals surface area contributed by atoms with E-state index in [1.54, 1.807) is 41.5 Å². The lowest BCUT2D eigenvalue weighted by molar-refractivity contribution is -0.196. The molecule has 1 amide bonds. The minimum atomic E-state index is -1.40. The molecule has 0 spiro atoms. The third kappa shape index (κ3) is 7.12. The topological polar surface area (TPSA) is 171 Å². The highest BCUT2D eigenvalue weighted by Crippen LogP contribution is 2.38. The lowest BCUT2D eigenvalue weighted by Crippen LogP contribution is -2.50. The number of rotatable bonds is 7. The van der Waals surface area contributed by atoms with Crippen molar-refractivity contribution >= 4 is 40.2 Å². The molecule has 0 bridgehead atoms. The van der Waals surface area contributed by atoms with E-state index in [-0.39, 0.29) is 10.8 Å². The third-order valence-corrected chi connectivity index (χ3v) is 5.52. The zero-order valence-electron chi connectivity index (χ0n) is 21.4. The molecule has 3 N–H and O–H groups in total. The average molecular weight is 539 g/mol. The van der Waals surface area contributed by atoms with Crippen LogP contribution in [0.25, 0.3) is 0 Å². The van der Waals surface area contributed by atoms with Crippen LogP contribution in [-0.2, 0) is 23.9 Å². The SMILES string of the molecule is CC(C)(C)OC(=O)Nc1nc(C(=NOC2(C(=O)OC(C)(C)C)CCC2)C(=O)On2c(O)ccc2O)cs1. The summed E-state index contributed by atoms with van der Waals surface area (Å²) in [6, 6.07) is 2.21. The maximum absolute atomic E-state index is 13.0. The van der Waals surface area contributed by atoms with E-state index in [1.807, 2.05) is 0 Å². The normalized spacial score (nSPS) is 15.4. The van der Waals surface area contributed by atoms with Crippen molar-refractivity contribution in [2.24, 2.45) is 5.16 Å². The van der Waals surface area contributed by atoms with E-state index in [2.05, 4.69) is 15.5 Å². The number of carbonyl (C=O) groups excluding carboxylic acids is 3. The van der Waals surface area contributed by atoms with Crippen molar-refractivity contribution in [3.8, 4) is 11.8 Å². The van der Waals surface area contributed by atoms with E-state index in [1.165, 1.54) is 5.38 Å². The minimum absolute atomic E-state index is 0.0640. The first-order valence-electron chi connectivity index (χ1n) is 11.4. The Balaban J connectivity index is 1.89. The Labute approximate surface area is 216 Å². The number of thiazole rings is 1. The average Bonchev–Trinajstić information content (AvgIpc) is 3.28. The predicted octanol–water partition coefficient (Wildman–Crippen LogP) is 3.34. The number of aromatic hydroxyl groups is 2. The summed E-state index contributed by atoms with van der Waals surface area (Å²) in [4.78, 5) is 52.7. The Kier molecular flexibility index (Phi) is 7.72. The lowest BCUT2D eigenvalue weighted by atomic mass is 9.80. The molecule has 202 valence electrons. The molecular weight excluding hydrogens is 508 g/mol. The van der Waals surface area contributed by atoms with E-state index in [0.29, 0.717) is 24.0 Å². The van der Waals surface area contributed by atoms with Crippen LogP contribution in [0.3, 0.4) is 0 Å². The van der Waals surface area contributed by atoms with Crippen molar-refractivity contribution in [2.75, 3.05) is 5.32 Å². The monoisotopic (exact) mass is 538 g/mol. The molecule has 0 atom stereocenters. The number of amides is 1. The first kappa shape index (κ1) is 27.8. The second kappa shape index (κ2) is 10.3. The van der Waals surface area contributed by atoms with Gasteiger partial charge in [-0.2, -0.15) is 0 Å². The maximum atomic E-state index is 13.0. The number of esters is 1. The number of carbonyl (C=O) groups is 3. The van der Waals surface area contributed by atoms with E-state index in [4.69, 9.17) is 19.1 Å². The molecule has 0 aromatic carbocycles. The van der Waals surface area contributed by atoms with E-state index >= 15 is 0 Å². The van der Waals surface area contributed by atoms with Crippen LogP contribution in [0.15, 0.2) is 22.7 Å². The molecule has 3 rings (SSSR count). The number of nitrogens with zero attached hydrogens (tertiary/aromatic N) is 3.